The Hall–Kier alpha value is -0.850. The van der Waals surface area contributed by atoms with Crippen LogP contribution >= 0.6 is 23.5 Å². The van der Waals surface area contributed by atoms with Crippen molar-refractivity contribution < 1.29 is 49.8 Å². The topological polar surface area (TPSA) is 52.6 Å². The molecule has 3 atom stereocenters. The lowest BCUT2D eigenvalue weighted by Crippen LogP contribution is -2.62. The van der Waals surface area contributed by atoms with Crippen LogP contribution in [0.4, 0.5) is 30.7 Å². The molecule has 1 saturated heterocycles. The van der Waals surface area contributed by atoms with Gasteiger partial charge in [0.1, 0.15) is 18.6 Å². The summed E-state index contributed by atoms with van der Waals surface area (Å²) in [6, 6.07) is 0. The first-order valence-corrected chi connectivity index (χ1v) is 12.4. The maximum absolute atomic E-state index is 13.5. The van der Waals surface area contributed by atoms with Crippen LogP contribution in [0.25, 0.3) is 0 Å². The van der Waals surface area contributed by atoms with Crippen LogP contribution in [0.2, 0.25) is 0 Å². The van der Waals surface area contributed by atoms with Gasteiger partial charge in [0.2, 0.25) is 0 Å². The van der Waals surface area contributed by atoms with E-state index in [2.05, 4.69) is 4.74 Å². The zero-order chi connectivity index (χ0) is 24.4. The molecule has 0 amide bonds. The molecule has 5 fully saturated rings. The lowest BCUT2D eigenvalue weighted by atomic mass is 9.53. The van der Waals surface area contributed by atoms with Crippen molar-refractivity contribution in [3.63, 3.8) is 0 Å². The Bertz CT molecular complexity index is 797. The van der Waals surface area contributed by atoms with Crippen molar-refractivity contribution in [2.75, 3.05) is 12.4 Å². The van der Waals surface area contributed by atoms with Crippen LogP contribution in [-0.2, 0) is 19.1 Å². The molecule has 4 bridgehead atoms. The molecule has 13 heteroatoms. The highest BCUT2D eigenvalue weighted by molar-refractivity contribution is 8.21. The van der Waals surface area contributed by atoms with Gasteiger partial charge in [-0.25, -0.2) is 9.59 Å². The number of alkyl halides is 7. The van der Waals surface area contributed by atoms with Gasteiger partial charge in [-0.3, -0.25) is 0 Å². The van der Waals surface area contributed by atoms with E-state index < -0.39 is 48.6 Å². The Balaban J connectivity index is 1.38. The monoisotopic (exact) mass is 524 g/mol. The number of thioether (sulfide) groups is 2. The number of hydrogen-bond donors (Lipinski definition) is 0. The molecule has 33 heavy (non-hydrogen) atoms. The third-order valence-corrected chi connectivity index (χ3v) is 11.1. The predicted octanol–water partition coefficient (Wildman–Crippen LogP) is 5.44. The Morgan fingerprint density at radius 2 is 1.58 bits per heavy atom. The van der Waals surface area contributed by atoms with Crippen molar-refractivity contribution in [3.05, 3.63) is 0 Å². The van der Waals surface area contributed by atoms with Crippen LogP contribution in [-0.4, -0.2) is 57.2 Å². The van der Waals surface area contributed by atoms with Gasteiger partial charge in [-0.1, -0.05) is 0 Å². The summed E-state index contributed by atoms with van der Waals surface area (Å²) in [6.07, 6.45) is -4.72. The predicted molar refractivity (Wildman–Crippen MR) is 106 cm³/mol. The Kier molecular flexibility index (Phi) is 6.19. The van der Waals surface area contributed by atoms with Crippen LogP contribution in [0, 0.1) is 17.8 Å². The van der Waals surface area contributed by atoms with E-state index in [-0.39, 0.29) is 27.1 Å². The van der Waals surface area contributed by atoms with E-state index in [1.54, 1.807) is 11.8 Å². The molecule has 0 N–H and O–H groups in total. The number of halogens is 7. The van der Waals surface area contributed by atoms with Crippen molar-refractivity contribution in [3.8, 4) is 0 Å². The quantitative estimate of drug-likeness (QED) is 0.341. The van der Waals surface area contributed by atoms with E-state index in [9.17, 15) is 40.3 Å². The van der Waals surface area contributed by atoms with Crippen LogP contribution < -0.4 is 0 Å². The summed E-state index contributed by atoms with van der Waals surface area (Å²) in [6.45, 7) is 0.0703. The molecule has 188 valence electrons. The lowest BCUT2D eigenvalue weighted by molar-refractivity contribution is -0.208. The second kappa shape index (κ2) is 8.09. The molecule has 4 nitrogen and oxygen atoms in total. The molecule has 4 aliphatic carbocycles. The molecule has 5 rings (SSSR count). The van der Waals surface area contributed by atoms with Crippen LogP contribution in [0.15, 0.2) is 0 Å². The molecular weight excluding hydrogens is 501 g/mol. The van der Waals surface area contributed by atoms with E-state index >= 15 is 0 Å². The molecule has 1 heterocycles. The molecule has 1 aliphatic heterocycles. The first-order chi connectivity index (χ1) is 15.0. The fourth-order valence-electron chi connectivity index (χ4n) is 5.93. The third-order valence-electron chi connectivity index (χ3n) is 6.91. The average molecular weight is 525 g/mol. The van der Waals surface area contributed by atoms with Crippen molar-refractivity contribution in [2.45, 2.75) is 78.4 Å². The smallest absolute Gasteiger partial charge is 0.395 e. The second-order valence-electron chi connectivity index (χ2n) is 9.67. The highest BCUT2D eigenvalue weighted by atomic mass is 32.2. The van der Waals surface area contributed by atoms with Crippen molar-refractivity contribution >= 4 is 35.5 Å². The molecule has 0 aromatic rings. The van der Waals surface area contributed by atoms with E-state index in [4.69, 9.17) is 4.74 Å². The standard InChI is InChI=1S/C20H23F7O4S2/c1-16(21,22)14(28)31-17-4-10-2-11(5-17)20(12(3-10)6-17)32-8-13(33-20)7-30-15(29)18(23,24)9-19(25,26)27/h10-13H,2-9H2,1H3. The van der Waals surface area contributed by atoms with Gasteiger partial charge in [0.25, 0.3) is 0 Å². The summed E-state index contributed by atoms with van der Waals surface area (Å²) in [4.78, 5) is 23.4. The highest BCUT2D eigenvalue weighted by Gasteiger charge is 2.66. The van der Waals surface area contributed by atoms with Crippen LogP contribution in [0.1, 0.15) is 45.4 Å². The summed E-state index contributed by atoms with van der Waals surface area (Å²) in [7, 11) is 0. The maximum Gasteiger partial charge on any atom is 0.395 e. The molecule has 0 aromatic heterocycles. The van der Waals surface area contributed by atoms with E-state index in [1.165, 1.54) is 11.8 Å². The molecule has 4 saturated carbocycles. The van der Waals surface area contributed by atoms with Gasteiger partial charge in [-0.2, -0.15) is 30.7 Å². The van der Waals surface area contributed by atoms with Crippen LogP contribution in [0.3, 0.4) is 0 Å². The van der Waals surface area contributed by atoms with Crippen LogP contribution in [0.5, 0.6) is 0 Å². The molecule has 0 aromatic carbocycles. The maximum atomic E-state index is 13.5. The van der Waals surface area contributed by atoms with E-state index in [1.807, 2.05) is 0 Å². The first-order valence-electron chi connectivity index (χ1n) is 10.6. The normalized spacial score (nSPS) is 38.1. The molecular formula is C20H23F7O4S2. The fourth-order valence-corrected chi connectivity index (χ4v) is 10.1. The van der Waals surface area contributed by atoms with Gasteiger partial charge in [0, 0.05) is 17.9 Å². The largest absolute Gasteiger partial charge is 0.460 e. The summed E-state index contributed by atoms with van der Waals surface area (Å²) < 4.78 is 100. The number of ether oxygens (including phenoxy) is 2. The van der Waals surface area contributed by atoms with Crippen molar-refractivity contribution in [2.24, 2.45) is 17.8 Å². The highest BCUT2D eigenvalue weighted by Crippen LogP contribution is 2.71. The minimum Gasteiger partial charge on any atom is -0.460 e. The van der Waals surface area contributed by atoms with Gasteiger partial charge in [0.15, 0.2) is 0 Å². The van der Waals surface area contributed by atoms with Gasteiger partial charge in [-0.05, 0) is 49.9 Å². The fraction of sp³-hybridized carbons (Fsp3) is 0.900. The second-order valence-corrected chi connectivity index (χ2v) is 12.8. The van der Waals surface area contributed by atoms with E-state index in [0.717, 1.165) is 12.8 Å². The number of rotatable bonds is 6. The summed E-state index contributed by atoms with van der Waals surface area (Å²) >= 11 is 3.06. The number of hydrogen-bond acceptors (Lipinski definition) is 6. The minimum absolute atomic E-state index is 0.0457. The van der Waals surface area contributed by atoms with E-state index in [0.29, 0.717) is 31.9 Å². The summed E-state index contributed by atoms with van der Waals surface area (Å²) in [5.41, 5.74) is -0.927. The number of carbonyl (C=O) groups excluding carboxylic acids is 2. The lowest BCUT2D eigenvalue weighted by Gasteiger charge is -2.63. The Morgan fingerprint density at radius 3 is 2.12 bits per heavy atom. The number of carbonyl (C=O) groups is 2. The zero-order valence-corrected chi connectivity index (χ0v) is 19.2. The SMILES string of the molecule is CC(F)(F)C(=O)OC12CC3CC(C1)C1(SCC(COC(=O)C(F)(F)CC(F)(F)F)S1)C(C3)C2. The first kappa shape index (κ1) is 25.2. The zero-order valence-electron chi connectivity index (χ0n) is 17.6. The molecule has 5 aliphatic rings. The molecule has 3 unspecified atom stereocenters. The number of esters is 2. The van der Waals surface area contributed by atoms with Crippen molar-refractivity contribution in [1.29, 1.82) is 0 Å². The Morgan fingerprint density at radius 1 is 0.970 bits per heavy atom. The molecule has 0 radical (unpaired) electrons. The summed E-state index contributed by atoms with van der Waals surface area (Å²) in [5.74, 6) is -11.2. The Labute approximate surface area is 194 Å². The van der Waals surface area contributed by atoms with Gasteiger partial charge in [0.05, 0.1) is 4.08 Å². The van der Waals surface area contributed by atoms with Gasteiger partial charge in [-0.15, -0.1) is 23.5 Å². The minimum atomic E-state index is -5.20. The van der Waals surface area contributed by atoms with Gasteiger partial charge < -0.3 is 9.47 Å². The average Bonchev–Trinajstić information content (AvgIpc) is 3.06. The van der Waals surface area contributed by atoms with Crippen molar-refractivity contribution in [1.82, 2.24) is 0 Å². The third kappa shape index (κ3) is 4.95. The molecule has 1 spiro atoms. The van der Waals surface area contributed by atoms with Gasteiger partial charge >= 0.3 is 30.0 Å². The summed E-state index contributed by atoms with van der Waals surface area (Å²) in [5, 5.41) is -0.378.